The molecule has 0 aromatic heterocycles. The fourth-order valence-corrected chi connectivity index (χ4v) is 0.859. The van der Waals surface area contributed by atoms with E-state index in [0.29, 0.717) is 0 Å². The van der Waals surface area contributed by atoms with E-state index in [1.54, 1.807) is 0 Å². The molecule has 0 saturated heterocycles. The van der Waals surface area contributed by atoms with E-state index in [4.69, 9.17) is 0 Å². The van der Waals surface area contributed by atoms with Gasteiger partial charge in [0, 0.05) is 0 Å². The first-order chi connectivity index (χ1) is 9.38. The van der Waals surface area contributed by atoms with Gasteiger partial charge in [0.05, 0.1) is 0 Å². The fourth-order valence-electron chi connectivity index (χ4n) is 0.859. The van der Waals surface area contributed by atoms with Crippen LogP contribution in [0, 0.1) is 38.6 Å². The van der Waals surface area contributed by atoms with Crippen LogP contribution in [-0.2, 0) is 14.4 Å². The molecule has 0 bridgehead atoms. The zero-order valence-electron chi connectivity index (χ0n) is 15.0. The van der Waals surface area contributed by atoms with E-state index < -0.39 is 0 Å². The Morgan fingerprint density at radius 1 is 0.520 bits per heavy atom. The molecule has 0 heterocycles. The van der Waals surface area contributed by atoms with Gasteiger partial charge >= 0.3 is 38.6 Å². The number of hydrogen-bond acceptors (Lipinski definition) is 6. The van der Waals surface area contributed by atoms with Crippen LogP contribution in [0.1, 0.15) is 41.5 Å². The predicted octanol–water partition coefficient (Wildman–Crippen LogP) is -2.96. The number of carbonyl (C=O) groups is 3. The molecule has 0 aromatic rings. The van der Waals surface area contributed by atoms with Crippen molar-refractivity contribution in [2.45, 2.75) is 41.5 Å². The maximum Gasteiger partial charge on any atom is 3.00 e. The van der Waals surface area contributed by atoms with Crippen LogP contribution in [0.15, 0.2) is 35.5 Å². The summed E-state index contributed by atoms with van der Waals surface area (Å²) in [5.74, 6) is -1.12. The molecule has 0 aliphatic rings. The standard InChI is InChI=1S/3C5H8O2.3H2O.Tb/c3*1-4(6)3-5(2)7;;;;/h3*3,6H,1-2H3;3*1H2;/q;;;;;;+3/p-3/b3*4-3-;;;;. The van der Waals surface area contributed by atoms with E-state index in [1.165, 1.54) is 41.5 Å². The molecule has 0 fully saturated rings. The molecule has 0 saturated carbocycles. The second-order valence-electron chi connectivity index (χ2n) is 4.10. The smallest absolute Gasteiger partial charge is 0.876 e. The minimum Gasteiger partial charge on any atom is -0.876 e. The Morgan fingerprint density at radius 2 is 0.640 bits per heavy atom. The normalized spacial score (nSPS) is 9.60. The van der Waals surface area contributed by atoms with Crippen molar-refractivity contribution >= 4 is 17.3 Å². The number of hydrogen-bond donors (Lipinski definition) is 0. The Labute approximate surface area is 178 Å². The van der Waals surface area contributed by atoms with Crippen molar-refractivity contribution in [1.29, 1.82) is 0 Å². The van der Waals surface area contributed by atoms with Gasteiger partial charge in [-0.15, -0.1) is 17.3 Å². The van der Waals surface area contributed by atoms with E-state index in [2.05, 4.69) is 0 Å². The first-order valence-corrected chi connectivity index (χ1v) is 5.96. The van der Waals surface area contributed by atoms with E-state index in [0.717, 1.165) is 18.2 Å². The first-order valence-electron chi connectivity index (χ1n) is 5.96. The van der Waals surface area contributed by atoms with Crippen LogP contribution in [0.2, 0.25) is 0 Å². The monoisotopic (exact) mass is 510 g/mol. The van der Waals surface area contributed by atoms with Gasteiger partial charge in [0.2, 0.25) is 0 Å². The van der Waals surface area contributed by atoms with Crippen LogP contribution in [0.5, 0.6) is 0 Å². The van der Waals surface area contributed by atoms with Crippen LogP contribution in [0.3, 0.4) is 0 Å². The summed E-state index contributed by atoms with van der Waals surface area (Å²) in [5, 5.41) is 29.9. The topological polar surface area (TPSA) is 215 Å². The average molecular weight is 510 g/mol. The quantitative estimate of drug-likeness (QED) is 0.285. The molecule has 10 heteroatoms. The van der Waals surface area contributed by atoms with Crippen LogP contribution in [0.4, 0.5) is 0 Å². The summed E-state index contributed by atoms with van der Waals surface area (Å²) < 4.78 is 0. The number of ketones is 3. The van der Waals surface area contributed by atoms with Gasteiger partial charge in [-0.3, -0.25) is 14.4 Å². The summed E-state index contributed by atoms with van der Waals surface area (Å²) in [7, 11) is 0. The molecule has 0 aliphatic carbocycles. The predicted molar refractivity (Wildman–Crippen MR) is 84.2 cm³/mol. The molecular weight excluding hydrogens is 483 g/mol. The van der Waals surface area contributed by atoms with Crippen LogP contribution in [-0.4, -0.2) is 33.8 Å². The Hall–Kier alpha value is -1.20. The molecule has 25 heavy (non-hydrogen) atoms. The third-order valence-electron chi connectivity index (χ3n) is 1.22. The molecule has 0 rings (SSSR count). The molecule has 0 unspecified atom stereocenters. The summed E-state index contributed by atoms with van der Waals surface area (Å²) in [6.45, 7) is 8.09. The summed E-state index contributed by atoms with van der Waals surface area (Å²) in [5.41, 5.74) is 0. The summed E-state index contributed by atoms with van der Waals surface area (Å²) in [6, 6.07) is 0. The van der Waals surface area contributed by atoms with E-state index in [1.807, 2.05) is 0 Å². The number of allylic oxidation sites excluding steroid dienone is 6. The largest absolute Gasteiger partial charge is 3.00 e. The number of rotatable bonds is 3. The Kier molecular flexibility index (Phi) is 48.5. The maximum atomic E-state index is 9.98. The van der Waals surface area contributed by atoms with Crippen LogP contribution >= 0.6 is 0 Å². The zero-order valence-corrected chi connectivity index (χ0v) is 17.2. The van der Waals surface area contributed by atoms with Crippen molar-refractivity contribution in [2.24, 2.45) is 0 Å². The van der Waals surface area contributed by atoms with Gasteiger partial charge in [0.15, 0.2) is 17.3 Å². The molecule has 0 amide bonds. The zero-order chi connectivity index (χ0) is 17.6. The third-order valence-corrected chi connectivity index (χ3v) is 1.22. The molecule has 6 N–H and O–H groups in total. The molecule has 150 valence electrons. The Bertz CT molecular complexity index is 373. The van der Waals surface area contributed by atoms with Crippen molar-refractivity contribution in [3.8, 4) is 0 Å². The molecular formula is C15H27O9Tb. The van der Waals surface area contributed by atoms with E-state index in [-0.39, 0.29) is 89.7 Å². The van der Waals surface area contributed by atoms with Gasteiger partial charge < -0.3 is 31.7 Å². The second-order valence-corrected chi connectivity index (χ2v) is 4.10. The first kappa shape index (κ1) is 43.8. The second kappa shape index (κ2) is 27.6. The van der Waals surface area contributed by atoms with Gasteiger partial charge in [0.1, 0.15) is 0 Å². The molecule has 0 atom stereocenters. The maximum absolute atomic E-state index is 9.98. The molecule has 9 nitrogen and oxygen atoms in total. The van der Waals surface area contributed by atoms with Gasteiger partial charge in [-0.2, -0.15) is 0 Å². The average Bonchev–Trinajstić information content (AvgIpc) is 2.10. The van der Waals surface area contributed by atoms with Gasteiger partial charge in [-0.25, -0.2) is 0 Å². The van der Waals surface area contributed by atoms with Crippen molar-refractivity contribution in [1.82, 2.24) is 0 Å². The Morgan fingerprint density at radius 3 is 0.640 bits per heavy atom. The molecule has 0 radical (unpaired) electrons. The van der Waals surface area contributed by atoms with Crippen LogP contribution < -0.4 is 15.3 Å². The molecule has 0 spiro atoms. The van der Waals surface area contributed by atoms with Gasteiger partial charge in [-0.1, -0.05) is 20.8 Å². The van der Waals surface area contributed by atoms with Crippen molar-refractivity contribution in [3.63, 3.8) is 0 Å². The minimum absolute atomic E-state index is 0. The van der Waals surface area contributed by atoms with E-state index in [9.17, 15) is 29.7 Å². The summed E-state index contributed by atoms with van der Waals surface area (Å²) in [6.07, 6.45) is 3.17. The molecule has 0 aromatic carbocycles. The van der Waals surface area contributed by atoms with Crippen molar-refractivity contribution < 1.29 is 84.7 Å². The number of carbonyl (C=O) groups excluding carboxylic acids is 3. The van der Waals surface area contributed by atoms with Gasteiger partial charge in [-0.05, 0) is 39.0 Å². The van der Waals surface area contributed by atoms with Crippen molar-refractivity contribution in [2.75, 3.05) is 0 Å². The Balaban J connectivity index is -0.0000000360. The van der Waals surface area contributed by atoms with Crippen LogP contribution in [0.25, 0.3) is 0 Å². The fraction of sp³-hybridized carbons (Fsp3) is 0.400. The summed E-state index contributed by atoms with van der Waals surface area (Å²) in [4.78, 5) is 29.9. The SMILES string of the molecule is CC(=O)/C=C(/C)[O-].CC(=O)/C=C(/C)[O-].CC(=O)/C=C(/C)[O-].O.O.O.[Tb+3]. The minimum atomic E-state index is -0.187. The molecule has 0 aliphatic heterocycles. The van der Waals surface area contributed by atoms with E-state index >= 15 is 0 Å². The van der Waals surface area contributed by atoms with Crippen molar-refractivity contribution in [3.05, 3.63) is 35.5 Å². The summed E-state index contributed by atoms with van der Waals surface area (Å²) >= 11 is 0. The third kappa shape index (κ3) is 84.6. The van der Waals surface area contributed by atoms with Gasteiger partial charge in [0.25, 0.3) is 0 Å².